The van der Waals surface area contributed by atoms with Crippen molar-refractivity contribution in [3.05, 3.63) is 22.4 Å². The Balaban J connectivity index is 1.44. The number of rotatable bonds is 2. The van der Waals surface area contributed by atoms with E-state index in [4.69, 9.17) is 0 Å². The Morgan fingerprint density at radius 3 is 2.71 bits per heavy atom. The quantitative estimate of drug-likeness (QED) is 0.894. The summed E-state index contributed by atoms with van der Waals surface area (Å²) in [6.45, 7) is 3.37. The molecule has 4 nitrogen and oxygen atoms in total. The summed E-state index contributed by atoms with van der Waals surface area (Å²) in [4.78, 5) is 18.1. The molecule has 1 N–H and O–H groups in total. The Kier molecular flexibility index (Phi) is 4.67. The number of piperidine rings is 2. The molecular weight excluding hydrogens is 320 g/mol. The van der Waals surface area contributed by atoms with Gasteiger partial charge in [0.25, 0.3) is 5.91 Å². The molecule has 132 valence electrons. The Bertz CT molecular complexity index is 570. The van der Waals surface area contributed by atoms with Gasteiger partial charge in [0.15, 0.2) is 0 Å². The summed E-state index contributed by atoms with van der Waals surface area (Å²) in [5.41, 5.74) is -0.558. The predicted molar refractivity (Wildman–Crippen MR) is 96.3 cm³/mol. The van der Waals surface area contributed by atoms with E-state index >= 15 is 0 Å². The SMILES string of the molecule is O=C(c1cccs1)N1CC[C@@]2(O)CCN(C3CCCCC3)C[C@H]2C1. The summed E-state index contributed by atoms with van der Waals surface area (Å²) in [6.07, 6.45) is 8.29. The fraction of sp³-hybridized carbons (Fsp3) is 0.737. The van der Waals surface area contributed by atoms with Crippen molar-refractivity contribution in [2.45, 2.75) is 56.6 Å². The van der Waals surface area contributed by atoms with Crippen molar-refractivity contribution in [2.24, 2.45) is 5.92 Å². The van der Waals surface area contributed by atoms with Crippen LogP contribution in [0.25, 0.3) is 0 Å². The summed E-state index contributed by atoms with van der Waals surface area (Å²) >= 11 is 1.51. The van der Waals surface area contributed by atoms with E-state index in [1.165, 1.54) is 43.4 Å². The first kappa shape index (κ1) is 16.6. The molecule has 1 aromatic rings. The third-order valence-corrected chi connectivity index (χ3v) is 7.27. The summed E-state index contributed by atoms with van der Waals surface area (Å²) in [7, 11) is 0. The van der Waals surface area contributed by atoms with Gasteiger partial charge in [0.05, 0.1) is 10.5 Å². The average molecular weight is 349 g/mol. The van der Waals surface area contributed by atoms with Gasteiger partial charge in [0, 0.05) is 38.1 Å². The van der Waals surface area contributed by atoms with Crippen LogP contribution >= 0.6 is 11.3 Å². The van der Waals surface area contributed by atoms with Crippen LogP contribution in [-0.2, 0) is 0 Å². The van der Waals surface area contributed by atoms with Crippen LogP contribution < -0.4 is 0 Å². The van der Waals surface area contributed by atoms with Gasteiger partial charge < -0.3 is 10.0 Å². The van der Waals surface area contributed by atoms with E-state index in [1.807, 2.05) is 22.4 Å². The molecule has 3 aliphatic rings. The van der Waals surface area contributed by atoms with Crippen molar-refractivity contribution >= 4 is 17.2 Å². The van der Waals surface area contributed by atoms with Crippen LogP contribution in [0, 0.1) is 5.92 Å². The number of likely N-dealkylation sites (tertiary alicyclic amines) is 2. The molecule has 0 spiro atoms. The number of thiophene rings is 1. The molecule has 3 fully saturated rings. The van der Waals surface area contributed by atoms with Gasteiger partial charge in [-0.1, -0.05) is 25.3 Å². The van der Waals surface area contributed by atoms with Crippen molar-refractivity contribution in [1.82, 2.24) is 9.80 Å². The largest absolute Gasteiger partial charge is 0.389 e. The lowest BCUT2D eigenvalue weighted by atomic mass is 9.75. The Labute approximate surface area is 148 Å². The second-order valence-corrected chi connectivity index (χ2v) is 8.76. The Morgan fingerprint density at radius 2 is 1.96 bits per heavy atom. The van der Waals surface area contributed by atoms with Gasteiger partial charge >= 0.3 is 0 Å². The molecule has 1 aliphatic carbocycles. The Morgan fingerprint density at radius 1 is 1.17 bits per heavy atom. The minimum Gasteiger partial charge on any atom is -0.389 e. The van der Waals surface area contributed by atoms with Crippen LogP contribution in [0.1, 0.15) is 54.6 Å². The number of amides is 1. The predicted octanol–water partition coefficient (Wildman–Crippen LogP) is 2.98. The summed E-state index contributed by atoms with van der Waals surface area (Å²) in [6, 6.07) is 4.54. The van der Waals surface area contributed by atoms with Gasteiger partial charge in [0.2, 0.25) is 0 Å². The maximum Gasteiger partial charge on any atom is 0.263 e. The monoisotopic (exact) mass is 348 g/mol. The molecule has 0 radical (unpaired) electrons. The maximum atomic E-state index is 12.7. The number of hydrogen-bond donors (Lipinski definition) is 1. The van der Waals surface area contributed by atoms with Crippen LogP contribution in [0.5, 0.6) is 0 Å². The number of hydrogen-bond acceptors (Lipinski definition) is 4. The van der Waals surface area contributed by atoms with E-state index in [2.05, 4.69) is 4.90 Å². The smallest absolute Gasteiger partial charge is 0.263 e. The molecule has 2 atom stereocenters. The molecule has 1 aromatic heterocycles. The summed E-state index contributed by atoms with van der Waals surface area (Å²) in [5, 5.41) is 13.0. The van der Waals surface area contributed by atoms with Gasteiger partial charge in [-0.3, -0.25) is 9.69 Å². The molecule has 5 heteroatoms. The molecule has 4 rings (SSSR count). The average Bonchev–Trinajstić information content (AvgIpc) is 3.15. The second-order valence-electron chi connectivity index (χ2n) is 7.82. The molecule has 1 amide bonds. The van der Waals surface area contributed by atoms with E-state index in [1.54, 1.807) is 0 Å². The van der Waals surface area contributed by atoms with E-state index in [-0.39, 0.29) is 11.8 Å². The van der Waals surface area contributed by atoms with Crippen LogP contribution in [0.2, 0.25) is 0 Å². The zero-order valence-corrected chi connectivity index (χ0v) is 15.1. The number of fused-ring (bicyclic) bond motifs is 1. The molecule has 2 aliphatic heterocycles. The molecule has 0 bridgehead atoms. The van der Waals surface area contributed by atoms with Gasteiger partial charge in [-0.15, -0.1) is 11.3 Å². The zero-order valence-electron chi connectivity index (χ0n) is 14.3. The highest BCUT2D eigenvalue weighted by Crippen LogP contribution is 2.38. The fourth-order valence-corrected chi connectivity index (χ4v) is 5.54. The fourth-order valence-electron chi connectivity index (χ4n) is 4.85. The third-order valence-electron chi connectivity index (χ3n) is 6.41. The Hall–Kier alpha value is -0.910. The summed E-state index contributed by atoms with van der Waals surface area (Å²) in [5.74, 6) is 0.340. The number of nitrogens with zero attached hydrogens (tertiary/aromatic N) is 2. The minimum atomic E-state index is -0.558. The molecule has 2 saturated heterocycles. The van der Waals surface area contributed by atoms with Crippen LogP contribution in [0.4, 0.5) is 0 Å². The molecule has 3 heterocycles. The van der Waals surface area contributed by atoms with Crippen molar-refractivity contribution < 1.29 is 9.90 Å². The number of carbonyl (C=O) groups is 1. The molecule has 0 aromatic carbocycles. The highest BCUT2D eigenvalue weighted by atomic mass is 32.1. The normalized spacial score (nSPS) is 32.5. The lowest BCUT2D eigenvalue weighted by Crippen LogP contribution is -2.62. The van der Waals surface area contributed by atoms with Gasteiger partial charge in [-0.25, -0.2) is 0 Å². The van der Waals surface area contributed by atoms with Gasteiger partial charge in [-0.2, -0.15) is 0 Å². The second kappa shape index (κ2) is 6.77. The first-order valence-electron chi connectivity index (χ1n) is 9.45. The van der Waals surface area contributed by atoms with E-state index in [9.17, 15) is 9.90 Å². The number of carbonyl (C=O) groups excluding carboxylic acids is 1. The van der Waals surface area contributed by atoms with Gasteiger partial charge in [-0.05, 0) is 37.1 Å². The molecule has 24 heavy (non-hydrogen) atoms. The third kappa shape index (κ3) is 3.14. The zero-order chi connectivity index (χ0) is 16.6. The van der Waals surface area contributed by atoms with E-state index < -0.39 is 5.60 Å². The molecular formula is C19H28N2O2S. The first-order chi connectivity index (χ1) is 11.7. The lowest BCUT2D eigenvalue weighted by Gasteiger charge is -2.52. The van der Waals surface area contributed by atoms with Crippen molar-refractivity contribution in [1.29, 1.82) is 0 Å². The highest BCUT2D eigenvalue weighted by Gasteiger charge is 2.46. The van der Waals surface area contributed by atoms with Crippen LogP contribution in [0.3, 0.4) is 0 Å². The van der Waals surface area contributed by atoms with Crippen molar-refractivity contribution in [3.63, 3.8) is 0 Å². The lowest BCUT2D eigenvalue weighted by molar-refractivity contribution is -0.115. The van der Waals surface area contributed by atoms with Gasteiger partial charge in [0.1, 0.15) is 0 Å². The maximum absolute atomic E-state index is 12.7. The molecule has 0 unspecified atom stereocenters. The first-order valence-corrected chi connectivity index (χ1v) is 10.3. The summed E-state index contributed by atoms with van der Waals surface area (Å²) < 4.78 is 0. The topological polar surface area (TPSA) is 43.8 Å². The van der Waals surface area contributed by atoms with E-state index in [0.717, 1.165) is 30.8 Å². The van der Waals surface area contributed by atoms with Crippen LogP contribution in [-0.4, -0.2) is 58.6 Å². The van der Waals surface area contributed by atoms with E-state index in [0.29, 0.717) is 19.1 Å². The molecule has 1 saturated carbocycles. The minimum absolute atomic E-state index is 0.141. The van der Waals surface area contributed by atoms with Crippen molar-refractivity contribution in [2.75, 3.05) is 26.2 Å². The number of aliphatic hydroxyl groups is 1. The van der Waals surface area contributed by atoms with Crippen molar-refractivity contribution in [3.8, 4) is 0 Å². The standard InChI is InChI=1S/C19H28N2O2S/c22-18(17-7-4-12-24-17)21-11-9-19(23)8-10-20(13-15(19)14-21)16-5-2-1-3-6-16/h4,7,12,15-16,23H,1-3,5-6,8-11,13-14H2/t15-,19-/m0/s1. The van der Waals surface area contributed by atoms with Crippen LogP contribution in [0.15, 0.2) is 17.5 Å². The highest BCUT2D eigenvalue weighted by molar-refractivity contribution is 7.12.